The normalized spacial score (nSPS) is 11.0. The third-order valence-electron chi connectivity index (χ3n) is 3.48. The molecule has 3 N–H and O–H groups in total. The van der Waals surface area contributed by atoms with Crippen molar-refractivity contribution in [3.8, 4) is 5.75 Å². The van der Waals surface area contributed by atoms with Gasteiger partial charge in [0.25, 0.3) is 0 Å². The number of halogens is 1. The molecule has 0 saturated heterocycles. The summed E-state index contributed by atoms with van der Waals surface area (Å²) in [6, 6.07) is 11.5. The molecular weight excluding hydrogens is 340 g/mol. The van der Waals surface area contributed by atoms with Gasteiger partial charge in [-0.25, -0.2) is 0 Å². The summed E-state index contributed by atoms with van der Waals surface area (Å²) in [5.41, 5.74) is 1.09. The number of rotatable bonds is 4. The molecule has 0 unspecified atom stereocenters. The average molecular weight is 361 g/mol. The van der Waals surface area contributed by atoms with Gasteiger partial charge in [0.05, 0.1) is 6.42 Å². The Hall–Kier alpha value is -2.53. The summed E-state index contributed by atoms with van der Waals surface area (Å²) in [6.45, 7) is 5.47. The zero-order valence-corrected chi connectivity index (χ0v) is 15.1. The number of anilines is 2. The highest BCUT2D eigenvalue weighted by atomic mass is 35.5. The Balaban J connectivity index is 2.05. The zero-order valence-electron chi connectivity index (χ0n) is 14.4. The maximum Gasteiger partial charge on any atom is 0.229 e. The second-order valence-corrected chi connectivity index (χ2v) is 7.22. The van der Waals surface area contributed by atoms with Crippen molar-refractivity contribution in [2.75, 3.05) is 10.6 Å². The van der Waals surface area contributed by atoms with E-state index < -0.39 is 5.41 Å². The molecule has 0 atom stereocenters. The fraction of sp³-hybridized carbons (Fsp3) is 0.263. The van der Waals surface area contributed by atoms with Crippen LogP contribution in [0.15, 0.2) is 42.5 Å². The first-order valence-electron chi connectivity index (χ1n) is 7.84. The minimum Gasteiger partial charge on any atom is -0.508 e. The highest BCUT2D eigenvalue weighted by Crippen LogP contribution is 2.23. The molecule has 0 aliphatic carbocycles. The lowest BCUT2D eigenvalue weighted by Gasteiger charge is -2.18. The van der Waals surface area contributed by atoms with Crippen LogP contribution in [0.4, 0.5) is 11.4 Å². The van der Waals surface area contributed by atoms with Crippen LogP contribution < -0.4 is 10.6 Å². The summed E-state index contributed by atoms with van der Waals surface area (Å²) in [5.74, 6) is -0.387. The van der Waals surface area contributed by atoms with Gasteiger partial charge in [-0.05, 0) is 36.4 Å². The number of phenolic OH excluding ortho intramolecular Hbond substituents is 1. The smallest absolute Gasteiger partial charge is 0.229 e. The number of benzene rings is 2. The van der Waals surface area contributed by atoms with Crippen LogP contribution >= 0.6 is 11.6 Å². The van der Waals surface area contributed by atoms with Gasteiger partial charge in [0.2, 0.25) is 11.8 Å². The lowest BCUT2D eigenvalue weighted by Crippen LogP contribution is -2.27. The molecule has 132 valence electrons. The van der Waals surface area contributed by atoms with Crippen molar-refractivity contribution >= 4 is 34.8 Å². The topological polar surface area (TPSA) is 78.4 Å². The van der Waals surface area contributed by atoms with Gasteiger partial charge in [0, 0.05) is 27.4 Å². The van der Waals surface area contributed by atoms with E-state index >= 15 is 0 Å². The molecule has 0 fully saturated rings. The van der Waals surface area contributed by atoms with E-state index in [9.17, 15) is 14.7 Å². The van der Waals surface area contributed by atoms with E-state index in [4.69, 9.17) is 11.6 Å². The SMILES string of the molecule is CC(C)(C)C(=O)Nc1cccc(NC(=O)Cc2cc(Cl)ccc2O)c1. The van der Waals surface area contributed by atoms with Crippen LogP contribution in [-0.2, 0) is 16.0 Å². The molecule has 2 rings (SSSR count). The fourth-order valence-electron chi connectivity index (χ4n) is 2.07. The predicted octanol–water partition coefficient (Wildman–Crippen LogP) is 4.21. The minimum absolute atomic E-state index is 0.00896. The summed E-state index contributed by atoms with van der Waals surface area (Å²) in [6.07, 6.45) is -0.00896. The third-order valence-corrected chi connectivity index (χ3v) is 3.71. The van der Waals surface area contributed by atoms with Crippen molar-refractivity contribution in [1.29, 1.82) is 0 Å². The molecule has 0 aliphatic heterocycles. The van der Waals surface area contributed by atoms with E-state index in [1.165, 1.54) is 6.07 Å². The lowest BCUT2D eigenvalue weighted by atomic mass is 9.95. The maximum atomic E-state index is 12.2. The number of aromatic hydroxyl groups is 1. The van der Waals surface area contributed by atoms with Gasteiger partial charge < -0.3 is 15.7 Å². The van der Waals surface area contributed by atoms with Crippen molar-refractivity contribution < 1.29 is 14.7 Å². The Labute approximate surface area is 152 Å². The van der Waals surface area contributed by atoms with Crippen molar-refractivity contribution in [2.45, 2.75) is 27.2 Å². The fourth-order valence-corrected chi connectivity index (χ4v) is 2.26. The summed E-state index contributed by atoms with van der Waals surface area (Å²) in [5, 5.41) is 15.8. The van der Waals surface area contributed by atoms with E-state index in [1.54, 1.807) is 36.4 Å². The molecule has 2 aromatic rings. The Bertz CT molecular complexity index is 797. The van der Waals surface area contributed by atoms with Crippen LogP contribution in [0.3, 0.4) is 0 Å². The summed E-state index contributed by atoms with van der Waals surface area (Å²) in [7, 11) is 0. The van der Waals surface area contributed by atoms with E-state index in [-0.39, 0.29) is 24.0 Å². The van der Waals surface area contributed by atoms with E-state index in [0.29, 0.717) is 22.0 Å². The van der Waals surface area contributed by atoms with Crippen molar-refractivity contribution in [3.63, 3.8) is 0 Å². The van der Waals surface area contributed by atoms with Gasteiger partial charge in [0.1, 0.15) is 5.75 Å². The quantitative estimate of drug-likeness (QED) is 0.764. The number of nitrogens with one attached hydrogen (secondary N) is 2. The van der Waals surface area contributed by atoms with Crippen molar-refractivity contribution in [1.82, 2.24) is 0 Å². The monoisotopic (exact) mass is 360 g/mol. The Morgan fingerprint density at radius 1 is 1.04 bits per heavy atom. The van der Waals surface area contributed by atoms with Gasteiger partial charge >= 0.3 is 0 Å². The Kier molecular flexibility index (Phi) is 5.69. The predicted molar refractivity (Wildman–Crippen MR) is 100.0 cm³/mol. The number of phenols is 1. The molecule has 2 aromatic carbocycles. The van der Waals surface area contributed by atoms with Crippen molar-refractivity contribution in [3.05, 3.63) is 53.1 Å². The third kappa shape index (κ3) is 5.50. The van der Waals surface area contributed by atoms with Gasteiger partial charge in [-0.15, -0.1) is 0 Å². The molecule has 0 saturated carbocycles. The second-order valence-electron chi connectivity index (χ2n) is 6.78. The molecule has 0 bridgehead atoms. The highest BCUT2D eigenvalue weighted by Gasteiger charge is 2.21. The van der Waals surface area contributed by atoms with Crippen LogP contribution in [0.25, 0.3) is 0 Å². The number of carbonyl (C=O) groups is 2. The van der Waals surface area contributed by atoms with E-state index in [2.05, 4.69) is 10.6 Å². The molecular formula is C19H21ClN2O3. The van der Waals surface area contributed by atoms with Gasteiger partial charge in [-0.3, -0.25) is 9.59 Å². The molecule has 0 aliphatic rings. The molecule has 0 heterocycles. The molecule has 5 nitrogen and oxygen atoms in total. The first kappa shape index (κ1) is 18.8. The lowest BCUT2D eigenvalue weighted by molar-refractivity contribution is -0.123. The van der Waals surface area contributed by atoms with Crippen LogP contribution in [-0.4, -0.2) is 16.9 Å². The second kappa shape index (κ2) is 7.57. The summed E-state index contributed by atoms with van der Waals surface area (Å²) < 4.78 is 0. The van der Waals surface area contributed by atoms with Crippen LogP contribution in [0, 0.1) is 5.41 Å². The first-order valence-corrected chi connectivity index (χ1v) is 8.22. The summed E-state index contributed by atoms with van der Waals surface area (Å²) >= 11 is 5.88. The van der Waals surface area contributed by atoms with Crippen LogP contribution in [0.1, 0.15) is 26.3 Å². The molecule has 0 spiro atoms. The van der Waals surface area contributed by atoms with E-state index in [0.717, 1.165) is 0 Å². The van der Waals surface area contributed by atoms with Gasteiger partial charge in [-0.2, -0.15) is 0 Å². The largest absolute Gasteiger partial charge is 0.508 e. The summed E-state index contributed by atoms with van der Waals surface area (Å²) in [4.78, 5) is 24.2. The van der Waals surface area contributed by atoms with Crippen LogP contribution in [0.5, 0.6) is 5.75 Å². The maximum absolute atomic E-state index is 12.2. The number of hydrogen-bond acceptors (Lipinski definition) is 3. The molecule has 25 heavy (non-hydrogen) atoms. The highest BCUT2D eigenvalue weighted by molar-refractivity contribution is 6.30. The Morgan fingerprint density at radius 2 is 1.68 bits per heavy atom. The zero-order chi connectivity index (χ0) is 18.6. The van der Waals surface area contributed by atoms with Crippen LogP contribution in [0.2, 0.25) is 5.02 Å². The molecule has 0 radical (unpaired) electrons. The van der Waals surface area contributed by atoms with E-state index in [1.807, 2.05) is 20.8 Å². The van der Waals surface area contributed by atoms with Gasteiger partial charge in [-0.1, -0.05) is 38.4 Å². The van der Waals surface area contributed by atoms with Gasteiger partial charge in [0.15, 0.2) is 0 Å². The minimum atomic E-state index is -0.511. The molecule has 0 aromatic heterocycles. The number of carbonyl (C=O) groups excluding carboxylic acids is 2. The molecule has 6 heteroatoms. The first-order chi connectivity index (χ1) is 11.6. The number of hydrogen-bond donors (Lipinski definition) is 3. The Morgan fingerprint density at radius 3 is 2.32 bits per heavy atom. The average Bonchev–Trinajstić information content (AvgIpc) is 2.50. The number of amides is 2. The van der Waals surface area contributed by atoms with Crippen molar-refractivity contribution in [2.24, 2.45) is 5.41 Å². The molecule has 2 amide bonds. The standard InChI is InChI=1S/C19H21ClN2O3/c1-19(2,3)18(25)22-15-6-4-5-14(11-15)21-17(24)10-12-9-13(20)7-8-16(12)23/h4-9,11,23H,10H2,1-3H3,(H,21,24)(H,22,25).